The average Bonchev–Trinajstić information content (AvgIpc) is 3.16. The van der Waals surface area contributed by atoms with Gasteiger partial charge in [0.2, 0.25) is 5.95 Å². The van der Waals surface area contributed by atoms with Gasteiger partial charge in [0, 0.05) is 35.1 Å². The van der Waals surface area contributed by atoms with Gasteiger partial charge in [0.1, 0.15) is 0 Å². The maximum absolute atomic E-state index is 13.6. The quantitative estimate of drug-likeness (QED) is 0.459. The molecule has 1 N–H and O–H groups in total. The van der Waals surface area contributed by atoms with Crippen LogP contribution in [0.15, 0.2) is 84.3 Å². The van der Waals surface area contributed by atoms with Crippen molar-refractivity contribution in [2.45, 2.75) is 24.8 Å². The Hall–Kier alpha value is -3.44. The number of hydrogen-bond donors (Lipinski definition) is 1. The fourth-order valence-corrected chi connectivity index (χ4v) is 4.97. The van der Waals surface area contributed by atoms with Gasteiger partial charge in [-0.3, -0.25) is 14.3 Å². The zero-order valence-electron chi connectivity index (χ0n) is 16.6. The standard InChI is InChI=1S/C25H19ClN4O/c26-18-9-7-15(8-10-18)17-12-20-23(22(31)13-17)24(16-4-3-11-27-14-16)30-21-6-2-1-5-19(21)28-25(30)29-20/h1-11,14,17,24H,12-13H2,(H,28,29)/t17-,24-/m0/s1. The SMILES string of the molecule is O=C1C[C@@H](c2ccc(Cl)cc2)CC2=C1[C@H](c1cccnc1)n1c(nc3ccccc31)N2. The molecule has 5 nitrogen and oxygen atoms in total. The van der Waals surface area contributed by atoms with Crippen molar-refractivity contribution in [2.75, 3.05) is 5.32 Å². The lowest BCUT2D eigenvalue weighted by molar-refractivity contribution is -0.116. The minimum Gasteiger partial charge on any atom is -0.329 e. The van der Waals surface area contributed by atoms with Crippen LogP contribution in [0.5, 0.6) is 0 Å². The van der Waals surface area contributed by atoms with Gasteiger partial charge in [-0.2, -0.15) is 0 Å². The number of pyridine rings is 1. The number of benzene rings is 2. The summed E-state index contributed by atoms with van der Waals surface area (Å²) in [5, 5.41) is 4.19. The molecule has 0 saturated carbocycles. The lowest BCUT2D eigenvalue weighted by Gasteiger charge is -2.36. The summed E-state index contributed by atoms with van der Waals surface area (Å²) in [4.78, 5) is 22.7. The summed E-state index contributed by atoms with van der Waals surface area (Å²) >= 11 is 6.07. The molecule has 1 aliphatic heterocycles. The molecule has 2 aliphatic rings. The largest absolute Gasteiger partial charge is 0.329 e. The second-order valence-electron chi connectivity index (χ2n) is 8.08. The van der Waals surface area contributed by atoms with Crippen molar-refractivity contribution in [2.24, 2.45) is 0 Å². The van der Waals surface area contributed by atoms with Gasteiger partial charge >= 0.3 is 0 Å². The molecular weight excluding hydrogens is 408 g/mol. The van der Waals surface area contributed by atoms with Gasteiger partial charge in [-0.25, -0.2) is 4.98 Å². The van der Waals surface area contributed by atoms with Crippen LogP contribution in [0.2, 0.25) is 5.02 Å². The van der Waals surface area contributed by atoms with E-state index in [1.165, 1.54) is 0 Å². The Morgan fingerprint density at radius 1 is 0.968 bits per heavy atom. The smallest absolute Gasteiger partial charge is 0.209 e. The molecule has 2 atom stereocenters. The monoisotopic (exact) mass is 426 g/mol. The van der Waals surface area contributed by atoms with Crippen molar-refractivity contribution in [3.63, 3.8) is 0 Å². The predicted octanol–water partition coefficient (Wildman–Crippen LogP) is 5.50. The number of carbonyl (C=O) groups excluding carboxylic acids is 1. The average molecular weight is 427 g/mol. The Kier molecular flexibility index (Phi) is 4.18. The molecule has 0 unspecified atom stereocenters. The van der Waals surface area contributed by atoms with E-state index in [4.69, 9.17) is 16.6 Å². The molecule has 1 aliphatic carbocycles. The van der Waals surface area contributed by atoms with E-state index in [-0.39, 0.29) is 17.7 Å². The summed E-state index contributed by atoms with van der Waals surface area (Å²) in [6.45, 7) is 0. The minimum absolute atomic E-state index is 0.112. The molecular formula is C25H19ClN4O. The number of fused-ring (bicyclic) bond motifs is 3. The third-order valence-electron chi connectivity index (χ3n) is 6.24. The predicted molar refractivity (Wildman–Crippen MR) is 121 cm³/mol. The number of nitrogens with one attached hydrogen (secondary N) is 1. The van der Waals surface area contributed by atoms with Crippen molar-refractivity contribution < 1.29 is 4.79 Å². The Bertz CT molecular complexity index is 1340. The van der Waals surface area contributed by atoms with Crippen LogP contribution in [0.25, 0.3) is 11.0 Å². The third kappa shape index (κ3) is 2.96. The summed E-state index contributed by atoms with van der Waals surface area (Å²) in [6, 6.07) is 19.5. The number of nitrogens with zero attached hydrogens (tertiary/aromatic N) is 3. The van der Waals surface area contributed by atoms with Gasteiger partial charge in [0.15, 0.2) is 5.78 Å². The van der Waals surface area contributed by atoms with Gasteiger partial charge in [0.25, 0.3) is 0 Å². The molecule has 0 bridgehead atoms. The highest BCUT2D eigenvalue weighted by molar-refractivity contribution is 6.30. The molecule has 0 amide bonds. The summed E-state index contributed by atoms with van der Waals surface area (Å²) in [5.74, 6) is 1.03. The number of aromatic nitrogens is 3. The van der Waals surface area contributed by atoms with Crippen molar-refractivity contribution in [3.05, 3.63) is 100 Å². The number of ketones is 1. The van der Waals surface area contributed by atoms with Gasteiger partial charge in [-0.1, -0.05) is 41.9 Å². The summed E-state index contributed by atoms with van der Waals surface area (Å²) in [6.07, 6.45) is 4.83. The normalized spacial score (nSPS) is 20.4. The maximum Gasteiger partial charge on any atom is 0.209 e. The van der Waals surface area contributed by atoms with Crippen molar-refractivity contribution in [1.29, 1.82) is 0 Å². The number of hydrogen-bond acceptors (Lipinski definition) is 4. The van der Waals surface area contributed by atoms with Gasteiger partial charge in [-0.05, 0) is 53.8 Å². The van der Waals surface area contributed by atoms with Crippen LogP contribution in [-0.2, 0) is 4.79 Å². The van der Waals surface area contributed by atoms with Crippen LogP contribution in [-0.4, -0.2) is 20.3 Å². The number of Topliss-reactive ketones (excluding diaryl/α,β-unsaturated/α-hetero) is 1. The first kappa shape index (κ1) is 18.3. The number of carbonyl (C=O) groups is 1. The fraction of sp³-hybridized carbons (Fsp3) is 0.160. The van der Waals surface area contributed by atoms with Crippen molar-refractivity contribution in [1.82, 2.24) is 14.5 Å². The molecule has 0 spiro atoms. The molecule has 31 heavy (non-hydrogen) atoms. The van der Waals surface area contributed by atoms with Gasteiger partial charge < -0.3 is 5.32 Å². The molecule has 6 heteroatoms. The molecule has 2 aromatic heterocycles. The third-order valence-corrected chi connectivity index (χ3v) is 6.49. The van der Waals surface area contributed by atoms with E-state index in [1.807, 2.05) is 66.9 Å². The number of para-hydroxylation sites is 2. The molecule has 0 saturated heterocycles. The van der Waals surface area contributed by atoms with Crippen LogP contribution >= 0.6 is 11.6 Å². The lowest BCUT2D eigenvalue weighted by atomic mass is 9.78. The molecule has 6 rings (SSSR count). The summed E-state index contributed by atoms with van der Waals surface area (Å²) < 4.78 is 2.13. The molecule has 2 aromatic carbocycles. The zero-order valence-corrected chi connectivity index (χ0v) is 17.4. The first-order valence-corrected chi connectivity index (χ1v) is 10.7. The van der Waals surface area contributed by atoms with E-state index >= 15 is 0 Å². The highest BCUT2D eigenvalue weighted by atomic mass is 35.5. The van der Waals surface area contributed by atoms with Crippen LogP contribution in [0, 0.1) is 0 Å². The van der Waals surface area contributed by atoms with Crippen molar-refractivity contribution in [3.8, 4) is 0 Å². The van der Waals surface area contributed by atoms with E-state index in [0.29, 0.717) is 11.4 Å². The van der Waals surface area contributed by atoms with E-state index in [0.717, 1.165) is 45.8 Å². The Labute approximate surface area is 184 Å². The zero-order chi connectivity index (χ0) is 20.9. The topological polar surface area (TPSA) is 59.8 Å². The second kappa shape index (κ2) is 7.06. The summed E-state index contributed by atoms with van der Waals surface area (Å²) in [7, 11) is 0. The van der Waals surface area contributed by atoms with E-state index in [9.17, 15) is 4.79 Å². The maximum atomic E-state index is 13.6. The number of halogens is 1. The highest BCUT2D eigenvalue weighted by Crippen LogP contribution is 2.45. The van der Waals surface area contributed by atoms with E-state index in [2.05, 4.69) is 14.9 Å². The Balaban J connectivity index is 1.51. The number of imidazole rings is 1. The first-order valence-electron chi connectivity index (χ1n) is 10.3. The minimum atomic E-state index is -0.244. The number of allylic oxidation sites excluding steroid dienone is 2. The van der Waals surface area contributed by atoms with Gasteiger partial charge in [0.05, 0.1) is 17.1 Å². The first-order chi connectivity index (χ1) is 15.2. The van der Waals surface area contributed by atoms with E-state index in [1.54, 1.807) is 6.20 Å². The van der Waals surface area contributed by atoms with Gasteiger partial charge in [-0.15, -0.1) is 0 Å². The van der Waals surface area contributed by atoms with Crippen LogP contribution in [0.4, 0.5) is 5.95 Å². The lowest BCUT2D eigenvalue weighted by Crippen LogP contribution is -2.33. The van der Waals surface area contributed by atoms with Crippen LogP contribution < -0.4 is 5.32 Å². The van der Waals surface area contributed by atoms with Crippen molar-refractivity contribution >= 4 is 34.4 Å². The fourth-order valence-electron chi connectivity index (χ4n) is 4.85. The number of rotatable bonds is 2. The highest BCUT2D eigenvalue weighted by Gasteiger charge is 2.39. The molecule has 4 aromatic rings. The second-order valence-corrected chi connectivity index (χ2v) is 8.52. The number of anilines is 1. The van der Waals surface area contributed by atoms with Crippen LogP contribution in [0.3, 0.4) is 0 Å². The molecule has 0 fully saturated rings. The Morgan fingerprint density at radius 3 is 2.61 bits per heavy atom. The molecule has 3 heterocycles. The summed E-state index contributed by atoms with van der Waals surface area (Å²) in [5.41, 5.74) is 5.78. The van der Waals surface area contributed by atoms with E-state index < -0.39 is 0 Å². The Morgan fingerprint density at radius 2 is 1.81 bits per heavy atom. The van der Waals surface area contributed by atoms with Crippen LogP contribution in [0.1, 0.15) is 35.9 Å². The molecule has 0 radical (unpaired) electrons. The molecule has 152 valence electrons.